The fraction of sp³-hybridized carbons (Fsp3) is 0.692. The van der Waals surface area contributed by atoms with Crippen molar-refractivity contribution in [3.05, 3.63) is 17.0 Å². The van der Waals surface area contributed by atoms with E-state index in [-0.39, 0.29) is 25.1 Å². The second kappa shape index (κ2) is 6.00. The molecule has 0 fully saturated rings. The number of nitrogens with one attached hydrogen (secondary N) is 1. The second-order valence-electron chi connectivity index (χ2n) is 5.07. The van der Waals surface area contributed by atoms with Crippen LogP contribution in [0.5, 0.6) is 0 Å². The number of aliphatic hydroxyl groups excluding tert-OH is 1. The Bertz CT molecular complexity index is 424. The quantitative estimate of drug-likeness (QED) is 0.827. The molecule has 0 aliphatic carbocycles. The highest BCUT2D eigenvalue weighted by atomic mass is 16.3. The lowest BCUT2D eigenvalue weighted by atomic mass is 10.1. The van der Waals surface area contributed by atoms with Gasteiger partial charge < -0.3 is 10.4 Å². The maximum Gasteiger partial charge on any atom is 0.241 e. The Balaban J connectivity index is 2.71. The van der Waals surface area contributed by atoms with Crippen LogP contribution in [0.25, 0.3) is 0 Å². The van der Waals surface area contributed by atoms with Gasteiger partial charge in [-0.1, -0.05) is 13.8 Å². The molecule has 0 saturated heterocycles. The van der Waals surface area contributed by atoms with Gasteiger partial charge in [0.05, 0.1) is 12.3 Å². The third-order valence-electron chi connectivity index (χ3n) is 3.37. The number of hydrogen-bond acceptors (Lipinski definition) is 3. The molecule has 102 valence electrons. The summed E-state index contributed by atoms with van der Waals surface area (Å²) in [6.07, 6.45) is 0. The second-order valence-corrected chi connectivity index (χ2v) is 5.07. The lowest BCUT2D eigenvalue weighted by Crippen LogP contribution is -2.38. The minimum Gasteiger partial charge on any atom is -0.392 e. The van der Waals surface area contributed by atoms with Crippen molar-refractivity contribution in [3.63, 3.8) is 0 Å². The normalized spacial score (nSPS) is 12.8. The minimum absolute atomic E-state index is 0.0400. The molecule has 0 radical (unpaired) electrons. The topological polar surface area (TPSA) is 67.2 Å². The van der Waals surface area contributed by atoms with Crippen LogP contribution >= 0.6 is 0 Å². The lowest BCUT2D eigenvalue weighted by Gasteiger charge is -2.17. The molecule has 1 heterocycles. The zero-order chi connectivity index (χ0) is 13.9. The van der Waals surface area contributed by atoms with Crippen LogP contribution < -0.4 is 5.32 Å². The van der Waals surface area contributed by atoms with Gasteiger partial charge in [-0.2, -0.15) is 5.10 Å². The molecule has 1 amide bonds. The van der Waals surface area contributed by atoms with Crippen LogP contribution in [0.4, 0.5) is 0 Å². The average molecular weight is 253 g/mol. The maximum absolute atomic E-state index is 11.9. The minimum atomic E-state index is -0.0497. The Morgan fingerprint density at radius 2 is 2.00 bits per heavy atom. The fourth-order valence-corrected chi connectivity index (χ4v) is 1.72. The zero-order valence-electron chi connectivity index (χ0n) is 11.8. The van der Waals surface area contributed by atoms with Gasteiger partial charge in [0.25, 0.3) is 0 Å². The Morgan fingerprint density at radius 1 is 1.39 bits per heavy atom. The van der Waals surface area contributed by atoms with Crippen LogP contribution in [-0.4, -0.2) is 26.8 Å². The summed E-state index contributed by atoms with van der Waals surface area (Å²) >= 11 is 0. The molecule has 0 bridgehead atoms. The molecule has 2 N–H and O–H groups in total. The first-order valence-corrected chi connectivity index (χ1v) is 6.29. The average Bonchev–Trinajstić information content (AvgIpc) is 2.53. The van der Waals surface area contributed by atoms with E-state index in [4.69, 9.17) is 0 Å². The predicted molar refractivity (Wildman–Crippen MR) is 70.1 cm³/mol. The van der Waals surface area contributed by atoms with Gasteiger partial charge in [0.15, 0.2) is 0 Å². The van der Waals surface area contributed by atoms with Crippen LogP contribution in [0.2, 0.25) is 0 Å². The molecule has 0 aliphatic rings. The molecule has 0 saturated carbocycles. The number of aryl methyl sites for hydroxylation is 1. The predicted octanol–water partition coefficient (Wildman–Crippen LogP) is 1.15. The standard InChI is InChI=1S/C13H23N3O2/c1-8(2)9(3)14-13(18)6-16-11(5)12(7-17)10(4)15-16/h8-9,17H,6-7H2,1-5H3,(H,14,18). The highest BCUT2D eigenvalue weighted by Gasteiger charge is 2.15. The van der Waals surface area contributed by atoms with Gasteiger partial charge >= 0.3 is 0 Å². The highest BCUT2D eigenvalue weighted by molar-refractivity contribution is 5.76. The van der Waals surface area contributed by atoms with Gasteiger partial charge in [-0.3, -0.25) is 9.48 Å². The summed E-state index contributed by atoms with van der Waals surface area (Å²) in [7, 11) is 0. The Labute approximate surface area is 108 Å². The number of carbonyl (C=O) groups excluding carboxylic acids is 1. The van der Waals surface area contributed by atoms with Gasteiger partial charge in [0.2, 0.25) is 5.91 Å². The van der Waals surface area contributed by atoms with Crippen LogP contribution in [-0.2, 0) is 17.9 Å². The molecule has 1 rings (SSSR count). The molecule has 5 heteroatoms. The molecular formula is C13H23N3O2. The zero-order valence-corrected chi connectivity index (χ0v) is 11.8. The van der Waals surface area contributed by atoms with E-state index in [0.717, 1.165) is 17.0 Å². The molecular weight excluding hydrogens is 230 g/mol. The van der Waals surface area contributed by atoms with Crippen LogP contribution in [0.15, 0.2) is 0 Å². The smallest absolute Gasteiger partial charge is 0.241 e. The number of hydrogen-bond donors (Lipinski definition) is 2. The van der Waals surface area contributed by atoms with Crippen molar-refractivity contribution >= 4 is 5.91 Å². The lowest BCUT2D eigenvalue weighted by molar-refractivity contribution is -0.122. The van der Waals surface area contributed by atoms with E-state index in [2.05, 4.69) is 24.3 Å². The highest BCUT2D eigenvalue weighted by Crippen LogP contribution is 2.12. The Kier molecular flexibility index (Phi) is 4.90. The fourth-order valence-electron chi connectivity index (χ4n) is 1.72. The van der Waals surface area contributed by atoms with E-state index in [9.17, 15) is 9.90 Å². The Morgan fingerprint density at radius 3 is 2.44 bits per heavy atom. The van der Waals surface area contributed by atoms with Crippen LogP contribution in [0.1, 0.15) is 37.7 Å². The molecule has 5 nitrogen and oxygen atoms in total. The summed E-state index contributed by atoms with van der Waals surface area (Å²) < 4.78 is 1.64. The first kappa shape index (κ1) is 14.7. The van der Waals surface area contributed by atoms with E-state index >= 15 is 0 Å². The summed E-state index contributed by atoms with van der Waals surface area (Å²) in [5, 5.41) is 16.4. The van der Waals surface area contributed by atoms with Gasteiger partial charge in [0, 0.05) is 17.3 Å². The third kappa shape index (κ3) is 3.32. The van der Waals surface area contributed by atoms with Crippen LogP contribution in [0.3, 0.4) is 0 Å². The molecule has 18 heavy (non-hydrogen) atoms. The van der Waals surface area contributed by atoms with E-state index in [1.807, 2.05) is 20.8 Å². The molecule has 1 aromatic rings. The van der Waals surface area contributed by atoms with E-state index in [1.165, 1.54) is 0 Å². The van der Waals surface area contributed by atoms with Crippen molar-refractivity contribution in [2.24, 2.45) is 5.92 Å². The first-order valence-electron chi connectivity index (χ1n) is 6.29. The SMILES string of the molecule is Cc1nn(CC(=O)NC(C)C(C)C)c(C)c1CO. The number of aliphatic hydroxyl groups is 1. The van der Waals surface area contributed by atoms with Crippen molar-refractivity contribution < 1.29 is 9.90 Å². The number of nitrogens with zero attached hydrogens (tertiary/aromatic N) is 2. The first-order chi connectivity index (χ1) is 8.36. The monoisotopic (exact) mass is 253 g/mol. The number of aromatic nitrogens is 2. The van der Waals surface area contributed by atoms with Crippen molar-refractivity contribution in [1.29, 1.82) is 0 Å². The van der Waals surface area contributed by atoms with Crippen LogP contribution in [0, 0.1) is 19.8 Å². The largest absolute Gasteiger partial charge is 0.392 e. The van der Waals surface area contributed by atoms with Crippen molar-refractivity contribution in [1.82, 2.24) is 15.1 Å². The Hall–Kier alpha value is -1.36. The summed E-state index contributed by atoms with van der Waals surface area (Å²) in [4.78, 5) is 11.9. The molecule has 1 atom stereocenters. The van der Waals surface area contributed by atoms with E-state index < -0.39 is 0 Å². The molecule has 1 aromatic heterocycles. The summed E-state index contributed by atoms with van der Waals surface area (Å²) in [5.41, 5.74) is 2.43. The third-order valence-corrected chi connectivity index (χ3v) is 3.37. The van der Waals surface area contributed by atoms with Gasteiger partial charge in [0.1, 0.15) is 6.54 Å². The molecule has 0 spiro atoms. The van der Waals surface area contributed by atoms with Crippen molar-refractivity contribution in [3.8, 4) is 0 Å². The van der Waals surface area contributed by atoms with Crippen molar-refractivity contribution in [2.75, 3.05) is 0 Å². The number of carbonyl (C=O) groups is 1. The summed E-state index contributed by atoms with van der Waals surface area (Å²) in [6.45, 7) is 9.99. The van der Waals surface area contributed by atoms with E-state index in [1.54, 1.807) is 4.68 Å². The van der Waals surface area contributed by atoms with E-state index in [0.29, 0.717) is 5.92 Å². The summed E-state index contributed by atoms with van der Waals surface area (Å²) in [6, 6.07) is 0.145. The number of amides is 1. The molecule has 0 aliphatic heterocycles. The number of rotatable bonds is 5. The summed E-state index contributed by atoms with van der Waals surface area (Å²) in [5.74, 6) is 0.355. The van der Waals surface area contributed by atoms with Gasteiger partial charge in [-0.25, -0.2) is 0 Å². The molecule has 0 aromatic carbocycles. The molecule has 1 unspecified atom stereocenters. The van der Waals surface area contributed by atoms with Gasteiger partial charge in [-0.15, -0.1) is 0 Å². The van der Waals surface area contributed by atoms with Gasteiger partial charge in [-0.05, 0) is 26.7 Å². The maximum atomic E-state index is 11.9. The van der Waals surface area contributed by atoms with Crippen molar-refractivity contribution in [2.45, 2.75) is 53.8 Å².